The zero-order valence-corrected chi connectivity index (χ0v) is 15.0. The average molecular weight is 358 g/mol. The Labute approximate surface area is 149 Å². The molecular weight excluding hydrogens is 330 g/mol. The standard InChI is InChI=1S/C16H27N5O2.ClH/c17-11-15-18-14(19-23-15)12-20-7-9-21(10-8-20)16(22)6-5-13-3-1-2-4-13;/h13H,1-12,17H2;1H. The number of carbonyl (C=O) groups excluding carboxylic acids is 1. The Morgan fingerprint density at radius 3 is 2.54 bits per heavy atom. The summed E-state index contributed by atoms with van der Waals surface area (Å²) in [5.74, 6) is 2.25. The minimum Gasteiger partial charge on any atom is -0.340 e. The maximum atomic E-state index is 12.3. The quantitative estimate of drug-likeness (QED) is 0.831. The third-order valence-electron chi connectivity index (χ3n) is 5.02. The van der Waals surface area contributed by atoms with Gasteiger partial charge in [0.05, 0.1) is 13.1 Å². The molecule has 1 saturated carbocycles. The van der Waals surface area contributed by atoms with Gasteiger partial charge in [0.2, 0.25) is 11.8 Å². The molecule has 0 atom stereocenters. The van der Waals surface area contributed by atoms with Crippen LogP contribution in [0.2, 0.25) is 0 Å². The van der Waals surface area contributed by atoms with Crippen LogP contribution in [0.4, 0.5) is 0 Å². The Kier molecular flexibility index (Phi) is 7.45. The van der Waals surface area contributed by atoms with Gasteiger partial charge in [-0.3, -0.25) is 9.69 Å². The molecule has 2 fully saturated rings. The van der Waals surface area contributed by atoms with E-state index in [2.05, 4.69) is 15.0 Å². The lowest BCUT2D eigenvalue weighted by Gasteiger charge is -2.34. The molecule has 1 aromatic heterocycles. The number of aromatic nitrogens is 2. The summed E-state index contributed by atoms with van der Waals surface area (Å²) < 4.78 is 5.02. The van der Waals surface area contributed by atoms with Crippen LogP contribution < -0.4 is 5.73 Å². The molecule has 136 valence electrons. The molecule has 0 bridgehead atoms. The van der Waals surface area contributed by atoms with Crippen LogP contribution in [0.1, 0.15) is 50.2 Å². The Balaban J connectivity index is 0.00000208. The second-order valence-electron chi connectivity index (χ2n) is 6.65. The largest absolute Gasteiger partial charge is 0.340 e. The van der Waals surface area contributed by atoms with Crippen molar-refractivity contribution in [3.05, 3.63) is 11.7 Å². The van der Waals surface area contributed by atoms with Gasteiger partial charge in [-0.25, -0.2) is 0 Å². The first kappa shape index (κ1) is 19.1. The van der Waals surface area contributed by atoms with Crippen molar-refractivity contribution in [1.29, 1.82) is 0 Å². The van der Waals surface area contributed by atoms with Crippen molar-refractivity contribution >= 4 is 18.3 Å². The molecule has 1 aliphatic heterocycles. The van der Waals surface area contributed by atoms with Crippen molar-refractivity contribution in [3.63, 3.8) is 0 Å². The van der Waals surface area contributed by atoms with Gasteiger partial charge < -0.3 is 15.2 Å². The summed E-state index contributed by atoms with van der Waals surface area (Å²) in [6, 6.07) is 0. The van der Waals surface area contributed by atoms with E-state index in [4.69, 9.17) is 10.3 Å². The van der Waals surface area contributed by atoms with E-state index in [0.717, 1.165) is 44.9 Å². The van der Waals surface area contributed by atoms with Crippen molar-refractivity contribution in [3.8, 4) is 0 Å². The van der Waals surface area contributed by atoms with Crippen molar-refractivity contribution in [2.75, 3.05) is 26.2 Å². The van der Waals surface area contributed by atoms with E-state index in [-0.39, 0.29) is 19.0 Å². The Hall–Kier alpha value is -1.18. The molecule has 0 spiro atoms. The monoisotopic (exact) mass is 357 g/mol. The predicted octanol–water partition coefficient (Wildman–Crippen LogP) is 1.56. The van der Waals surface area contributed by atoms with E-state index < -0.39 is 0 Å². The zero-order chi connectivity index (χ0) is 16.1. The average Bonchev–Trinajstić information content (AvgIpc) is 3.25. The van der Waals surface area contributed by atoms with E-state index >= 15 is 0 Å². The topological polar surface area (TPSA) is 88.5 Å². The van der Waals surface area contributed by atoms with E-state index in [1.807, 2.05) is 4.90 Å². The summed E-state index contributed by atoms with van der Waals surface area (Å²) in [5, 5.41) is 3.92. The van der Waals surface area contributed by atoms with E-state index in [1.165, 1.54) is 25.7 Å². The van der Waals surface area contributed by atoms with E-state index in [9.17, 15) is 4.79 Å². The summed E-state index contributed by atoms with van der Waals surface area (Å²) in [6.07, 6.45) is 7.12. The van der Waals surface area contributed by atoms with Crippen LogP contribution in [0.25, 0.3) is 0 Å². The molecule has 0 radical (unpaired) electrons. The number of nitrogens with zero attached hydrogens (tertiary/aromatic N) is 4. The summed E-state index contributed by atoms with van der Waals surface area (Å²) in [7, 11) is 0. The second-order valence-corrected chi connectivity index (χ2v) is 6.65. The number of hydrogen-bond donors (Lipinski definition) is 1. The van der Waals surface area contributed by atoms with Crippen molar-refractivity contribution in [2.45, 2.75) is 51.6 Å². The van der Waals surface area contributed by atoms with Gasteiger partial charge in [-0.05, 0) is 12.3 Å². The molecule has 3 rings (SSSR count). The maximum absolute atomic E-state index is 12.3. The molecule has 1 aromatic rings. The Morgan fingerprint density at radius 2 is 1.92 bits per heavy atom. The molecule has 1 saturated heterocycles. The van der Waals surface area contributed by atoms with Gasteiger partial charge in [-0.2, -0.15) is 4.98 Å². The van der Waals surface area contributed by atoms with Gasteiger partial charge in [-0.1, -0.05) is 30.8 Å². The molecule has 8 heteroatoms. The number of piperazine rings is 1. The van der Waals surface area contributed by atoms with Crippen LogP contribution in [0, 0.1) is 5.92 Å². The lowest BCUT2D eigenvalue weighted by atomic mass is 10.0. The van der Waals surface area contributed by atoms with Crippen LogP contribution in [-0.2, 0) is 17.9 Å². The highest BCUT2D eigenvalue weighted by Gasteiger charge is 2.23. The predicted molar refractivity (Wildman–Crippen MR) is 92.5 cm³/mol. The highest BCUT2D eigenvalue weighted by Crippen LogP contribution is 2.28. The van der Waals surface area contributed by atoms with Gasteiger partial charge in [0.15, 0.2) is 5.82 Å². The number of nitrogens with two attached hydrogens (primary N) is 1. The summed E-state index contributed by atoms with van der Waals surface area (Å²) in [6.45, 7) is 4.25. The Bertz CT molecular complexity index is 510. The first-order valence-electron chi connectivity index (χ1n) is 8.76. The molecule has 2 heterocycles. The third-order valence-corrected chi connectivity index (χ3v) is 5.02. The zero-order valence-electron chi connectivity index (χ0n) is 14.2. The number of halogens is 1. The summed E-state index contributed by atoms with van der Waals surface area (Å²) >= 11 is 0. The van der Waals surface area contributed by atoms with Gasteiger partial charge in [0.1, 0.15) is 0 Å². The molecule has 7 nitrogen and oxygen atoms in total. The van der Waals surface area contributed by atoms with E-state index in [0.29, 0.717) is 24.2 Å². The maximum Gasteiger partial charge on any atom is 0.240 e. The van der Waals surface area contributed by atoms with Gasteiger partial charge in [0, 0.05) is 32.6 Å². The van der Waals surface area contributed by atoms with Crippen LogP contribution in [0.3, 0.4) is 0 Å². The smallest absolute Gasteiger partial charge is 0.240 e. The lowest BCUT2D eigenvalue weighted by Crippen LogP contribution is -2.48. The molecular formula is C16H28ClN5O2. The van der Waals surface area contributed by atoms with Crippen LogP contribution in [0.5, 0.6) is 0 Å². The van der Waals surface area contributed by atoms with Gasteiger partial charge in [-0.15, -0.1) is 12.4 Å². The first-order chi connectivity index (χ1) is 11.2. The lowest BCUT2D eigenvalue weighted by molar-refractivity contribution is -0.133. The normalized spacial score (nSPS) is 19.5. The third kappa shape index (κ3) is 5.16. The minimum absolute atomic E-state index is 0. The second kappa shape index (κ2) is 9.34. The highest BCUT2D eigenvalue weighted by atomic mass is 35.5. The van der Waals surface area contributed by atoms with Crippen molar-refractivity contribution in [1.82, 2.24) is 19.9 Å². The molecule has 24 heavy (non-hydrogen) atoms. The fourth-order valence-electron chi connectivity index (χ4n) is 3.58. The van der Waals surface area contributed by atoms with E-state index in [1.54, 1.807) is 0 Å². The molecule has 0 unspecified atom stereocenters. The van der Waals surface area contributed by atoms with Crippen molar-refractivity contribution in [2.24, 2.45) is 11.7 Å². The minimum atomic E-state index is 0. The highest BCUT2D eigenvalue weighted by molar-refractivity contribution is 5.85. The summed E-state index contributed by atoms with van der Waals surface area (Å²) in [4.78, 5) is 20.8. The fourth-order valence-corrected chi connectivity index (χ4v) is 3.58. The molecule has 0 aromatic carbocycles. The Morgan fingerprint density at radius 1 is 1.21 bits per heavy atom. The van der Waals surface area contributed by atoms with Crippen LogP contribution >= 0.6 is 12.4 Å². The molecule has 2 N–H and O–H groups in total. The number of amides is 1. The molecule has 1 amide bonds. The molecule has 2 aliphatic rings. The number of rotatable bonds is 6. The van der Waals surface area contributed by atoms with Crippen molar-refractivity contribution < 1.29 is 9.32 Å². The number of carbonyl (C=O) groups is 1. The van der Waals surface area contributed by atoms with Gasteiger partial charge >= 0.3 is 0 Å². The fraction of sp³-hybridized carbons (Fsp3) is 0.812. The summed E-state index contributed by atoms with van der Waals surface area (Å²) in [5.41, 5.74) is 5.47. The molecule has 1 aliphatic carbocycles. The SMILES string of the molecule is Cl.NCc1nc(CN2CCN(C(=O)CCC3CCCC3)CC2)no1. The van der Waals surface area contributed by atoms with Gasteiger partial charge in [0.25, 0.3) is 0 Å². The van der Waals surface area contributed by atoms with Crippen LogP contribution in [-0.4, -0.2) is 52.0 Å². The van der Waals surface area contributed by atoms with Crippen LogP contribution in [0.15, 0.2) is 4.52 Å². The first-order valence-corrected chi connectivity index (χ1v) is 8.76. The number of hydrogen-bond acceptors (Lipinski definition) is 6.